The van der Waals surface area contributed by atoms with Gasteiger partial charge in [-0.15, -0.1) is 0 Å². The van der Waals surface area contributed by atoms with Crippen molar-refractivity contribution in [2.24, 2.45) is 5.92 Å². The van der Waals surface area contributed by atoms with Crippen molar-refractivity contribution < 1.29 is 22.7 Å². The molecule has 162 valence electrons. The van der Waals surface area contributed by atoms with E-state index in [0.717, 1.165) is 12.0 Å². The molecule has 30 heavy (non-hydrogen) atoms. The molecule has 0 aromatic heterocycles. The van der Waals surface area contributed by atoms with Gasteiger partial charge in [0, 0.05) is 13.1 Å². The SMILES string of the molecule is CC[C@@H](C)[C@H](C(=O)OCc1cccc(S(=O)(=O)N2CCOCC2)c1)c1ccccc1. The maximum atomic E-state index is 12.9. The Kier molecular flexibility index (Phi) is 7.64. The zero-order valence-corrected chi connectivity index (χ0v) is 18.3. The lowest BCUT2D eigenvalue weighted by Gasteiger charge is -2.26. The molecule has 0 radical (unpaired) electrons. The Bertz CT molecular complexity index is 939. The molecule has 7 heteroatoms. The van der Waals surface area contributed by atoms with E-state index in [1.807, 2.05) is 44.2 Å². The van der Waals surface area contributed by atoms with Crippen molar-refractivity contribution in [1.82, 2.24) is 4.31 Å². The molecule has 0 N–H and O–H groups in total. The number of ether oxygens (including phenoxy) is 2. The predicted molar refractivity (Wildman–Crippen MR) is 114 cm³/mol. The Morgan fingerprint density at radius 3 is 2.47 bits per heavy atom. The molecule has 0 bridgehead atoms. The highest BCUT2D eigenvalue weighted by Gasteiger charge is 2.28. The molecule has 1 fully saturated rings. The van der Waals surface area contributed by atoms with Gasteiger partial charge in [-0.2, -0.15) is 4.31 Å². The third kappa shape index (κ3) is 5.28. The molecular weight excluding hydrogens is 402 g/mol. The summed E-state index contributed by atoms with van der Waals surface area (Å²) >= 11 is 0. The minimum atomic E-state index is -3.59. The van der Waals surface area contributed by atoms with E-state index in [1.54, 1.807) is 24.3 Å². The summed E-state index contributed by atoms with van der Waals surface area (Å²) in [7, 11) is -3.59. The summed E-state index contributed by atoms with van der Waals surface area (Å²) < 4.78 is 38.0. The van der Waals surface area contributed by atoms with E-state index in [0.29, 0.717) is 31.9 Å². The van der Waals surface area contributed by atoms with Crippen molar-refractivity contribution in [2.75, 3.05) is 26.3 Å². The highest BCUT2D eigenvalue weighted by molar-refractivity contribution is 7.89. The second-order valence-electron chi connectivity index (χ2n) is 7.55. The highest BCUT2D eigenvalue weighted by Crippen LogP contribution is 2.29. The molecule has 0 spiro atoms. The van der Waals surface area contributed by atoms with Gasteiger partial charge in [0.05, 0.1) is 24.0 Å². The van der Waals surface area contributed by atoms with Crippen molar-refractivity contribution in [2.45, 2.75) is 37.7 Å². The van der Waals surface area contributed by atoms with E-state index in [-0.39, 0.29) is 29.3 Å². The molecule has 2 aromatic rings. The summed E-state index contributed by atoms with van der Waals surface area (Å²) in [5.74, 6) is -0.513. The van der Waals surface area contributed by atoms with E-state index >= 15 is 0 Å². The largest absolute Gasteiger partial charge is 0.460 e. The first-order chi connectivity index (χ1) is 14.4. The van der Waals surface area contributed by atoms with Gasteiger partial charge in [-0.05, 0) is 29.2 Å². The minimum absolute atomic E-state index is 0.0328. The summed E-state index contributed by atoms with van der Waals surface area (Å²) in [5.41, 5.74) is 1.58. The molecule has 0 aliphatic carbocycles. The zero-order chi connectivity index (χ0) is 21.6. The molecule has 1 saturated heterocycles. The third-order valence-corrected chi connectivity index (χ3v) is 7.41. The lowest BCUT2D eigenvalue weighted by molar-refractivity contribution is -0.148. The molecule has 2 atom stereocenters. The molecular formula is C23H29NO5S. The van der Waals surface area contributed by atoms with Crippen LogP contribution in [-0.2, 0) is 30.9 Å². The summed E-state index contributed by atoms with van der Waals surface area (Å²) in [6.45, 7) is 5.60. The Hall–Kier alpha value is -2.22. The van der Waals surface area contributed by atoms with E-state index in [1.165, 1.54) is 4.31 Å². The fourth-order valence-corrected chi connectivity index (χ4v) is 5.05. The molecule has 2 aromatic carbocycles. The van der Waals surface area contributed by atoms with Gasteiger partial charge in [-0.1, -0.05) is 62.7 Å². The van der Waals surface area contributed by atoms with Crippen LogP contribution in [0.1, 0.15) is 37.3 Å². The fourth-order valence-electron chi connectivity index (χ4n) is 3.57. The second-order valence-corrected chi connectivity index (χ2v) is 9.48. The average Bonchev–Trinajstić information content (AvgIpc) is 2.79. The lowest BCUT2D eigenvalue weighted by atomic mass is 9.85. The smallest absolute Gasteiger partial charge is 0.314 e. The number of nitrogens with zero attached hydrogens (tertiary/aromatic N) is 1. The van der Waals surface area contributed by atoms with Crippen molar-refractivity contribution in [3.05, 3.63) is 65.7 Å². The lowest BCUT2D eigenvalue weighted by Crippen LogP contribution is -2.40. The Balaban J connectivity index is 1.72. The zero-order valence-electron chi connectivity index (χ0n) is 17.5. The molecule has 1 heterocycles. The second kappa shape index (κ2) is 10.2. The quantitative estimate of drug-likeness (QED) is 0.598. The standard InChI is InChI=1S/C23H29NO5S/c1-3-18(2)22(20-9-5-4-6-10-20)23(25)29-17-19-8-7-11-21(16-19)30(26,27)24-12-14-28-15-13-24/h4-11,16,18,22H,3,12-15,17H2,1-2H3/t18-,22+/m1/s1. The van der Waals surface area contributed by atoms with E-state index < -0.39 is 10.0 Å². The first kappa shape index (κ1) is 22.5. The van der Waals surface area contributed by atoms with Crippen molar-refractivity contribution in [3.8, 4) is 0 Å². The number of carbonyl (C=O) groups is 1. The Labute approximate surface area is 178 Å². The van der Waals surface area contributed by atoms with Crippen LogP contribution in [0.15, 0.2) is 59.5 Å². The van der Waals surface area contributed by atoms with Crippen LogP contribution in [0.4, 0.5) is 0 Å². The van der Waals surface area contributed by atoms with Crippen LogP contribution < -0.4 is 0 Å². The van der Waals surface area contributed by atoms with E-state index in [4.69, 9.17) is 9.47 Å². The molecule has 6 nitrogen and oxygen atoms in total. The number of benzene rings is 2. The molecule has 3 rings (SSSR count). The number of hydrogen-bond donors (Lipinski definition) is 0. The number of rotatable bonds is 8. The highest BCUT2D eigenvalue weighted by atomic mass is 32.2. The molecule has 0 saturated carbocycles. The van der Waals surface area contributed by atoms with Crippen molar-refractivity contribution in [1.29, 1.82) is 0 Å². The van der Waals surface area contributed by atoms with Crippen LogP contribution in [-0.4, -0.2) is 45.0 Å². The van der Waals surface area contributed by atoms with Crippen LogP contribution in [0.25, 0.3) is 0 Å². The van der Waals surface area contributed by atoms with Gasteiger partial charge < -0.3 is 9.47 Å². The fraction of sp³-hybridized carbons (Fsp3) is 0.435. The number of carbonyl (C=O) groups excluding carboxylic acids is 1. The van der Waals surface area contributed by atoms with Gasteiger partial charge in [0.2, 0.25) is 10.0 Å². The number of sulfonamides is 1. The van der Waals surface area contributed by atoms with Crippen molar-refractivity contribution in [3.63, 3.8) is 0 Å². The topological polar surface area (TPSA) is 72.9 Å². The number of esters is 1. The van der Waals surface area contributed by atoms with Crippen LogP contribution in [0.2, 0.25) is 0 Å². The van der Waals surface area contributed by atoms with Crippen LogP contribution in [0, 0.1) is 5.92 Å². The maximum Gasteiger partial charge on any atom is 0.314 e. The Morgan fingerprint density at radius 1 is 1.10 bits per heavy atom. The van der Waals surface area contributed by atoms with Crippen LogP contribution >= 0.6 is 0 Å². The van der Waals surface area contributed by atoms with Gasteiger partial charge in [0.15, 0.2) is 0 Å². The van der Waals surface area contributed by atoms with Gasteiger partial charge in [0.1, 0.15) is 6.61 Å². The molecule has 0 unspecified atom stereocenters. The first-order valence-electron chi connectivity index (χ1n) is 10.3. The van der Waals surface area contributed by atoms with Crippen LogP contribution in [0.3, 0.4) is 0 Å². The van der Waals surface area contributed by atoms with E-state index in [9.17, 15) is 13.2 Å². The van der Waals surface area contributed by atoms with Crippen molar-refractivity contribution >= 4 is 16.0 Å². The summed E-state index contributed by atoms with van der Waals surface area (Å²) in [6, 6.07) is 16.2. The maximum absolute atomic E-state index is 12.9. The molecule has 1 aliphatic heterocycles. The normalized spacial score (nSPS) is 17.3. The third-order valence-electron chi connectivity index (χ3n) is 5.51. The van der Waals surface area contributed by atoms with E-state index in [2.05, 4.69) is 0 Å². The summed E-state index contributed by atoms with van der Waals surface area (Å²) in [5, 5.41) is 0. The predicted octanol–water partition coefficient (Wildman–Crippen LogP) is 3.58. The van der Waals surface area contributed by atoms with Gasteiger partial charge in [0.25, 0.3) is 0 Å². The van der Waals surface area contributed by atoms with Crippen LogP contribution in [0.5, 0.6) is 0 Å². The molecule has 1 aliphatic rings. The first-order valence-corrected chi connectivity index (χ1v) is 11.8. The molecule has 0 amide bonds. The monoisotopic (exact) mass is 431 g/mol. The summed E-state index contributed by atoms with van der Waals surface area (Å²) in [4.78, 5) is 13.1. The number of morpholine rings is 1. The van der Waals surface area contributed by atoms with Gasteiger partial charge in [-0.25, -0.2) is 8.42 Å². The Morgan fingerprint density at radius 2 is 1.80 bits per heavy atom. The average molecular weight is 432 g/mol. The minimum Gasteiger partial charge on any atom is -0.460 e. The van der Waals surface area contributed by atoms with Gasteiger partial charge >= 0.3 is 5.97 Å². The number of hydrogen-bond acceptors (Lipinski definition) is 5. The van der Waals surface area contributed by atoms with Gasteiger partial charge in [-0.3, -0.25) is 4.79 Å². The summed E-state index contributed by atoms with van der Waals surface area (Å²) in [6.07, 6.45) is 0.849.